The van der Waals surface area contributed by atoms with Crippen LogP contribution in [0.25, 0.3) is 0 Å². The van der Waals surface area contributed by atoms with Crippen LogP contribution in [-0.4, -0.2) is 26.6 Å². The molecule has 5 heteroatoms. The van der Waals surface area contributed by atoms with E-state index >= 15 is 0 Å². The van der Waals surface area contributed by atoms with Gasteiger partial charge in [-0.1, -0.05) is 25.6 Å². The van der Waals surface area contributed by atoms with Crippen LogP contribution < -0.4 is 0 Å². The molecule has 0 aliphatic heterocycles. The predicted molar refractivity (Wildman–Crippen MR) is 67.4 cm³/mol. The van der Waals surface area contributed by atoms with Crippen molar-refractivity contribution in [1.82, 2.24) is 9.78 Å². The molecule has 1 heterocycles. The molecule has 1 saturated carbocycles. The first-order chi connectivity index (χ1) is 8.06. The van der Waals surface area contributed by atoms with E-state index in [9.17, 15) is 4.79 Å². The quantitative estimate of drug-likeness (QED) is 0.793. The van der Waals surface area contributed by atoms with Gasteiger partial charge in [-0.3, -0.25) is 9.48 Å². The van der Waals surface area contributed by atoms with E-state index in [4.69, 9.17) is 5.11 Å². The normalized spacial score (nSPS) is 15.5. The maximum absolute atomic E-state index is 10.6. The van der Waals surface area contributed by atoms with Crippen LogP contribution in [0.1, 0.15) is 38.3 Å². The van der Waals surface area contributed by atoms with Crippen molar-refractivity contribution >= 4 is 17.7 Å². The minimum atomic E-state index is -0.778. The standard InChI is InChI=1S/C12H18N2O2S/c1-8(2)6-14-11(17-7-12(15)16)5-10(13-14)9-3-4-9/h5,8-9H,3-4,6-7H2,1-2H3,(H,15,16). The maximum Gasteiger partial charge on any atom is 0.313 e. The minimum Gasteiger partial charge on any atom is -0.481 e. The summed E-state index contributed by atoms with van der Waals surface area (Å²) >= 11 is 1.36. The van der Waals surface area contributed by atoms with Crippen molar-refractivity contribution in [3.05, 3.63) is 11.8 Å². The van der Waals surface area contributed by atoms with Gasteiger partial charge in [-0.2, -0.15) is 5.10 Å². The largest absolute Gasteiger partial charge is 0.481 e. The van der Waals surface area contributed by atoms with E-state index in [1.807, 2.05) is 4.68 Å². The fourth-order valence-electron chi connectivity index (χ4n) is 1.73. The van der Waals surface area contributed by atoms with Gasteiger partial charge in [0.15, 0.2) is 0 Å². The number of carboxylic acids is 1. The molecule has 1 fully saturated rings. The van der Waals surface area contributed by atoms with Crippen LogP contribution in [-0.2, 0) is 11.3 Å². The molecule has 0 spiro atoms. The van der Waals surface area contributed by atoms with Gasteiger partial charge in [0.05, 0.1) is 16.5 Å². The van der Waals surface area contributed by atoms with Crippen LogP contribution in [0.4, 0.5) is 0 Å². The summed E-state index contributed by atoms with van der Waals surface area (Å²) < 4.78 is 1.96. The number of aliphatic carboxylic acids is 1. The zero-order valence-corrected chi connectivity index (χ0v) is 11.0. The van der Waals surface area contributed by atoms with Crippen molar-refractivity contribution in [3.8, 4) is 0 Å². The van der Waals surface area contributed by atoms with Gasteiger partial charge < -0.3 is 5.11 Å². The van der Waals surface area contributed by atoms with Gasteiger partial charge in [0.2, 0.25) is 0 Å². The first kappa shape index (κ1) is 12.5. The predicted octanol–water partition coefficient (Wildman–Crippen LogP) is 2.59. The Balaban J connectivity index is 2.11. The minimum absolute atomic E-state index is 0.105. The second-order valence-corrected chi connectivity index (χ2v) is 5.94. The second-order valence-electron chi connectivity index (χ2n) is 4.94. The van der Waals surface area contributed by atoms with E-state index in [1.165, 1.54) is 24.6 Å². The molecule has 17 heavy (non-hydrogen) atoms. The Hall–Kier alpha value is -0.970. The molecular weight excluding hydrogens is 236 g/mol. The lowest BCUT2D eigenvalue weighted by Crippen LogP contribution is -2.08. The van der Waals surface area contributed by atoms with E-state index in [2.05, 4.69) is 25.0 Å². The Bertz CT molecular complexity index is 411. The summed E-state index contributed by atoms with van der Waals surface area (Å²) in [5.41, 5.74) is 1.14. The molecule has 0 atom stereocenters. The van der Waals surface area contributed by atoms with E-state index in [1.54, 1.807) is 0 Å². The second kappa shape index (κ2) is 5.12. The fraction of sp³-hybridized carbons (Fsp3) is 0.667. The van der Waals surface area contributed by atoms with Crippen LogP contribution in [0.3, 0.4) is 0 Å². The molecule has 1 aliphatic rings. The van der Waals surface area contributed by atoms with Crippen molar-refractivity contribution in [2.45, 2.75) is 44.2 Å². The number of aromatic nitrogens is 2. The fourth-order valence-corrected chi connectivity index (χ4v) is 2.47. The molecule has 94 valence electrons. The topological polar surface area (TPSA) is 55.1 Å². The van der Waals surface area contributed by atoms with Gasteiger partial charge in [-0.05, 0) is 24.8 Å². The van der Waals surface area contributed by atoms with E-state index in [-0.39, 0.29) is 5.75 Å². The summed E-state index contributed by atoms with van der Waals surface area (Å²) in [6.45, 7) is 5.14. The molecule has 0 radical (unpaired) electrons. The molecule has 0 aromatic carbocycles. The maximum atomic E-state index is 10.6. The lowest BCUT2D eigenvalue weighted by molar-refractivity contribution is -0.133. The molecule has 1 aromatic heterocycles. The Morgan fingerprint density at radius 1 is 1.65 bits per heavy atom. The molecule has 0 saturated heterocycles. The van der Waals surface area contributed by atoms with Gasteiger partial charge in [-0.25, -0.2) is 0 Å². The van der Waals surface area contributed by atoms with Crippen LogP contribution in [0.2, 0.25) is 0 Å². The third kappa shape index (κ3) is 3.49. The number of thioether (sulfide) groups is 1. The van der Waals surface area contributed by atoms with Gasteiger partial charge in [-0.15, -0.1) is 0 Å². The average molecular weight is 254 g/mol. The van der Waals surface area contributed by atoms with Crippen LogP contribution in [0.15, 0.2) is 11.1 Å². The monoisotopic (exact) mass is 254 g/mol. The smallest absolute Gasteiger partial charge is 0.313 e. The van der Waals surface area contributed by atoms with Crippen LogP contribution in [0, 0.1) is 5.92 Å². The molecule has 1 aliphatic carbocycles. The van der Waals surface area contributed by atoms with Gasteiger partial charge in [0, 0.05) is 12.5 Å². The first-order valence-electron chi connectivity index (χ1n) is 5.98. The third-order valence-corrected chi connectivity index (χ3v) is 3.65. The number of hydrogen-bond donors (Lipinski definition) is 1. The molecule has 1 aromatic rings. The Morgan fingerprint density at radius 3 is 2.88 bits per heavy atom. The molecular formula is C12H18N2O2S. The number of carbonyl (C=O) groups is 1. The lowest BCUT2D eigenvalue weighted by atomic mass is 10.2. The first-order valence-corrected chi connectivity index (χ1v) is 6.97. The van der Waals surface area contributed by atoms with E-state index < -0.39 is 5.97 Å². The summed E-state index contributed by atoms with van der Waals surface area (Å²) in [4.78, 5) is 10.6. The van der Waals surface area contributed by atoms with E-state index in [0.717, 1.165) is 17.3 Å². The van der Waals surface area contributed by atoms with Gasteiger partial charge in [0.25, 0.3) is 0 Å². The van der Waals surface area contributed by atoms with Gasteiger partial charge in [0.1, 0.15) is 0 Å². The van der Waals surface area contributed by atoms with Crippen LogP contribution in [0.5, 0.6) is 0 Å². The highest BCUT2D eigenvalue weighted by molar-refractivity contribution is 7.99. The Morgan fingerprint density at radius 2 is 2.35 bits per heavy atom. The Labute approximate surface area is 105 Å². The van der Waals surface area contributed by atoms with Gasteiger partial charge >= 0.3 is 5.97 Å². The summed E-state index contributed by atoms with van der Waals surface area (Å²) in [7, 11) is 0. The highest BCUT2D eigenvalue weighted by atomic mass is 32.2. The molecule has 2 rings (SSSR count). The summed E-state index contributed by atoms with van der Waals surface area (Å²) in [5, 5.41) is 14.3. The Kier molecular flexibility index (Phi) is 3.76. The number of nitrogens with zero attached hydrogens (tertiary/aromatic N) is 2. The van der Waals surface area contributed by atoms with Crippen LogP contribution >= 0.6 is 11.8 Å². The van der Waals surface area contributed by atoms with Crippen molar-refractivity contribution in [3.63, 3.8) is 0 Å². The molecule has 1 N–H and O–H groups in total. The molecule has 0 bridgehead atoms. The molecule has 0 amide bonds. The molecule has 0 unspecified atom stereocenters. The van der Waals surface area contributed by atoms with Crippen molar-refractivity contribution in [1.29, 1.82) is 0 Å². The number of rotatable bonds is 6. The average Bonchev–Trinajstić information content (AvgIpc) is 2.99. The number of carboxylic acid groups (broad SMARTS) is 1. The zero-order valence-electron chi connectivity index (χ0n) is 10.2. The summed E-state index contributed by atoms with van der Waals surface area (Å²) in [6.07, 6.45) is 2.45. The molecule has 4 nitrogen and oxygen atoms in total. The number of hydrogen-bond acceptors (Lipinski definition) is 3. The highest BCUT2D eigenvalue weighted by Crippen LogP contribution is 2.40. The van der Waals surface area contributed by atoms with Crippen molar-refractivity contribution in [2.24, 2.45) is 5.92 Å². The van der Waals surface area contributed by atoms with E-state index in [0.29, 0.717) is 11.8 Å². The summed E-state index contributed by atoms with van der Waals surface area (Å²) in [6, 6.07) is 2.06. The lowest BCUT2D eigenvalue weighted by Gasteiger charge is -2.08. The van der Waals surface area contributed by atoms with Crippen molar-refractivity contribution in [2.75, 3.05) is 5.75 Å². The SMILES string of the molecule is CC(C)Cn1nc(C2CC2)cc1SCC(=O)O. The zero-order chi connectivity index (χ0) is 12.4. The highest BCUT2D eigenvalue weighted by Gasteiger charge is 2.27. The third-order valence-electron chi connectivity index (χ3n) is 2.64. The summed E-state index contributed by atoms with van der Waals surface area (Å²) in [5.74, 6) is 0.465. The van der Waals surface area contributed by atoms with Crippen molar-refractivity contribution < 1.29 is 9.90 Å².